The van der Waals surface area contributed by atoms with Crippen LogP contribution in [0.5, 0.6) is 0 Å². The van der Waals surface area contributed by atoms with Crippen LogP contribution in [0.2, 0.25) is 0 Å². The molecule has 1 rings (SSSR count). The minimum absolute atomic E-state index is 0.0634. The molecule has 0 aromatic heterocycles. The molecule has 2 atom stereocenters. The van der Waals surface area contributed by atoms with E-state index in [2.05, 4.69) is 13.8 Å². The lowest BCUT2D eigenvalue weighted by molar-refractivity contribution is -0.0890. The molecule has 0 bridgehead atoms. The number of hydrogen-bond acceptors (Lipinski definition) is 3. The highest BCUT2D eigenvalue weighted by Crippen LogP contribution is 2.19. The number of aliphatic hydroxyl groups is 1. The molecule has 3 nitrogen and oxygen atoms in total. The van der Waals surface area contributed by atoms with Crippen molar-refractivity contribution >= 4 is 0 Å². The third-order valence-corrected chi connectivity index (χ3v) is 1.77. The van der Waals surface area contributed by atoms with Crippen molar-refractivity contribution in [1.29, 1.82) is 0 Å². The van der Waals surface area contributed by atoms with Gasteiger partial charge in [0.05, 0.1) is 12.7 Å². The Morgan fingerprint density at radius 2 is 2.27 bits per heavy atom. The van der Waals surface area contributed by atoms with E-state index in [1.54, 1.807) is 0 Å². The van der Waals surface area contributed by atoms with Crippen molar-refractivity contribution in [1.82, 2.24) is 0 Å². The van der Waals surface area contributed by atoms with Crippen LogP contribution >= 0.6 is 0 Å². The van der Waals surface area contributed by atoms with E-state index in [9.17, 15) is 0 Å². The van der Waals surface area contributed by atoms with Crippen molar-refractivity contribution in [2.45, 2.75) is 32.7 Å². The van der Waals surface area contributed by atoms with Crippen LogP contribution in [-0.4, -0.2) is 30.7 Å². The van der Waals surface area contributed by atoms with Crippen molar-refractivity contribution in [3.05, 3.63) is 0 Å². The van der Waals surface area contributed by atoms with Crippen LogP contribution in [0.4, 0.5) is 0 Å². The second kappa shape index (κ2) is 4.04. The first-order chi connectivity index (χ1) is 5.24. The molecule has 3 heteroatoms. The second-order valence-corrected chi connectivity index (χ2v) is 3.22. The Balaban J connectivity index is 2.23. The van der Waals surface area contributed by atoms with Gasteiger partial charge in [-0.15, -0.1) is 0 Å². The second-order valence-electron chi connectivity index (χ2n) is 3.22. The normalized spacial score (nSPS) is 31.6. The maximum atomic E-state index is 8.62. The average Bonchev–Trinajstić information content (AvgIpc) is 2.37. The summed E-state index contributed by atoms with van der Waals surface area (Å²) in [6, 6.07) is 0. The Hall–Kier alpha value is -0.120. The molecule has 1 N–H and O–H groups in total. The van der Waals surface area contributed by atoms with Gasteiger partial charge in [0, 0.05) is 12.5 Å². The summed E-state index contributed by atoms with van der Waals surface area (Å²) in [5, 5.41) is 8.62. The van der Waals surface area contributed by atoms with Crippen molar-refractivity contribution in [3.63, 3.8) is 0 Å². The van der Waals surface area contributed by atoms with E-state index >= 15 is 0 Å². The number of rotatable bonds is 3. The average molecular weight is 160 g/mol. The van der Waals surface area contributed by atoms with Crippen LogP contribution < -0.4 is 0 Å². The van der Waals surface area contributed by atoms with E-state index in [0.717, 1.165) is 0 Å². The Morgan fingerprint density at radius 1 is 1.55 bits per heavy atom. The minimum atomic E-state index is -0.0634. The van der Waals surface area contributed by atoms with E-state index in [-0.39, 0.29) is 19.0 Å². The van der Waals surface area contributed by atoms with Crippen LogP contribution in [0.15, 0.2) is 0 Å². The Morgan fingerprint density at radius 3 is 2.73 bits per heavy atom. The zero-order valence-electron chi connectivity index (χ0n) is 7.12. The Labute approximate surface area is 67.3 Å². The molecule has 1 saturated heterocycles. The predicted octanol–water partition coefficient (Wildman–Crippen LogP) is 0.766. The van der Waals surface area contributed by atoms with Gasteiger partial charge in [-0.1, -0.05) is 13.8 Å². The Bertz CT molecular complexity index is 114. The first kappa shape index (κ1) is 8.97. The van der Waals surface area contributed by atoms with Gasteiger partial charge in [0.1, 0.15) is 0 Å². The zero-order chi connectivity index (χ0) is 8.27. The van der Waals surface area contributed by atoms with Gasteiger partial charge >= 0.3 is 0 Å². The molecule has 1 aliphatic heterocycles. The summed E-state index contributed by atoms with van der Waals surface area (Å²) in [4.78, 5) is 0. The highest BCUT2D eigenvalue weighted by atomic mass is 16.7. The van der Waals surface area contributed by atoms with Gasteiger partial charge in [-0.25, -0.2) is 0 Å². The summed E-state index contributed by atoms with van der Waals surface area (Å²) >= 11 is 0. The molecule has 0 aliphatic carbocycles. The van der Waals surface area contributed by atoms with E-state index < -0.39 is 0 Å². The molecule has 11 heavy (non-hydrogen) atoms. The molecule has 66 valence electrons. The fourth-order valence-electron chi connectivity index (χ4n) is 1.12. The molecule has 0 saturated carbocycles. The molecular formula is C8H16O3. The highest BCUT2D eigenvalue weighted by molar-refractivity contribution is 4.66. The van der Waals surface area contributed by atoms with Gasteiger partial charge in [-0.3, -0.25) is 0 Å². The van der Waals surface area contributed by atoms with Crippen LogP contribution in [0, 0.1) is 5.92 Å². The molecule has 1 heterocycles. The van der Waals surface area contributed by atoms with Gasteiger partial charge in [0.25, 0.3) is 0 Å². The topological polar surface area (TPSA) is 38.7 Å². The first-order valence-electron chi connectivity index (χ1n) is 4.12. The first-order valence-corrected chi connectivity index (χ1v) is 4.12. The largest absolute Gasteiger partial charge is 0.396 e. The van der Waals surface area contributed by atoms with Crippen molar-refractivity contribution < 1.29 is 14.6 Å². The standard InChI is InChI=1S/C8H16O3/c1-6(2)8-10-5-7(11-8)3-4-9/h6-9H,3-5H2,1-2H3/t7-,8+/m0/s1. The maximum absolute atomic E-state index is 8.62. The van der Waals surface area contributed by atoms with Crippen molar-refractivity contribution in [2.75, 3.05) is 13.2 Å². The van der Waals surface area contributed by atoms with E-state index in [1.807, 2.05) is 0 Å². The summed E-state index contributed by atoms with van der Waals surface area (Å²) < 4.78 is 10.8. The molecule has 1 fully saturated rings. The molecular weight excluding hydrogens is 144 g/mol. The molecule has 0 radical (unpaired) electrons. The lowest BCUT2D eigenvalue weighted by atomic mass is 10.2. The molecule has 0 spiro atoms. The van der Waals surface area contributed by atoms with Crippen molar-refractivity contribution in [3.8, 4) is 0 Å². The van der Waals surface area contributed by atoms with Gasteiger partial charge in [-0.2, -0.15) is 0 Å². The molecule has 0 aromatic rings. The van der Waals surface area contributed by atoms with Gasteiger partial charge in [0.15, 0.2) is 6.29 Å². The van der Waals surface area contributed by atoms with Gasteiger partial charge < -0.3 is 14.6 Å². The fourth-order valence-corrected chi connectivity index (χ4v) is 1.12. The summed E-state index contributed by atoms with van der Waals surface area (Å²) in [6.45, 7) is 4.93. The monoisotopic (exact) mass is 160 g/mol. The predicted molar refractivity (Wildman–Crippen MR) is 41.2 cm³/mol. The summed E-state index contributed by atoms with van der Waals surface area (Å²) in [5.41, 5.74) is 0. The smallest absolute Gasteiger partial charge is 0.160 e. The molecule has 0 aromatic carbocycles. The van der Waals surface area contributed by atoms with E-state index in [4.69, 9.17) is 14.6 Å². The fraction of sp³-hybridized carbons (Fsp3) is 1.00. The SMILES string of the molecule is CC(C)[C@@H]1OC[C@H](CCO)O1. The number of aliphatic hydroxyl groups excluding tert-OH is 1. The lowest BCUT2D eigenvalue weighted by Crippen LogP contribution is -2.18. The van der Waals surface area contributed by atoms with E-state index in [1.165, 1.54) is 0 Å². The zero-order valence-corrected chi connectivity index (χ0v) is 7.12. The molecule has 0 unspecified atom stereocenters. The van der Waals surface area contributed by atoms with Crippen molar-refractivity contribution in [2.24, 2.45) is 5.92 Å². The van der Waals surface area contributed by atoms with Crippen LogP contribution in [0.25, 0.3) is 0 Å². The lowest BCUT2D eigenvalue weighted by Gasteiger charge is -2.13. The van der Waals surface area contributed by atoms with Crippen LogP contribution in [0.3, 0.4) is 0 Å². The minimum Gasteiger partial charge on any atom is -0.396 e. The van der Waals surface area contributed by atoms with Crippen LogP contribution in [0.1, 0.15) is 20.3 Å². The summed E-state index contributed by atoms with van der Waals surface area (Å²) in [6.07, 6.45) is 0.724. The molecule has 0 amide bonds. The van der Waals surface area contributed by atoms with Gasteiger partial charge in [-0.05, 0) is 6.42 Å². The van der Waals surface area contributed by atoms with Crippen LogP contribution in [-0.2, 0) is 9.47 Å². The Kier molecular flexibility index (Phi) is 3.30. The quantitative estimate of drug-likeness (QED) is 0.662. The highest BCUT2D eigenvalue weighted by Gasteiger charge is 2.27. The molecule has 1 aliphatic rings. The number of hydrogen-bond donors (Lipinski definition) is 1. The van der Waals surface area contributed by atoms with E-state index in [0.29, 0.717) is 18.9 Å². The summed E-state index contributed by atoms with van der Waals surface area (Å²) in [5.74, 6) is 0.402. The maximum Gasteiger partial charge on any atom is 0.160 e. The van der Waals surface area contributed by atoms with Gasteiger partial charge in [0.2, 0.25) is 0 Å². The number of ether oxygens (including phenoxy) is 2. The third-order valence-electron chi connectivity index (χ3n) is 1.77. The third kappa shape index (κ3) is 2.43. The summed E-state index contributed by atoms with van der Waals surface area (Å²) in [7, 11) is 0.